The van der Waals surface area contributed by atoms with Crippen molar-refractivity contribution in [3.63, 3.8) is 0 Å². The number of nitrogens with one attached hydrogen (secondary N) is 1. The maximum absolute atomic E-state index is 13.0. The van der Waals surface area contributed by atoms with Gasteiger partial charge in [-0.3, -0.25) is 14.5 Å². The summed E-state index contributed by atoms with van der Waals surface area (Å²) in [5.74, 6) is -0.790. The molecule has 2 fully saturated rings. The number of likely N-dealkylation sites (N-methyl/N-ethyl adjacent to an activating group) is 1. The van der Waals surface area contributed by atoms with Gasteiger partial charge in [-0.1, -0.05) is 19.3 Å². The van der Waals surface area contributed by atoms with E-state index in [-0.39, 0.29) is 18.2 Å². The van der Waals surface area contributed by atoms with Gasteiger partial charge >= 0.3 is 12.6 Å². The quantitative estimate of drug-likeness (QED) is 0.627. The fraction of sp³-hybridized carbons (Fsp3) is 0.455. The highest BCUT2D eigenvalue weighted by Gasteiger charge is 2.55. The number of halogens is 2. The summed E-state index contributed by atoms with van der Waals surface area (Å²) in [5, 5.41) is 2.98. The molecule has 4 amide bonds. The van der Waals surface area contributed by atoms with Crippen molar-refractivity contribution in [3.05, 3.63) is 29.1 Å². The minimum absolute atomic E-state index is 0.0378. The zero-order valence-corrected chi connectivity index (χ0v) is 19.1. The number of carbonyl (C=O) groups excluding carboxylic acids is 3. The number of aryl methyl sites for hydroxylation is 1. The summed E-state index contributed by atoms with van der Waals surface area (Å²) in [6.45, 7) is -1.46. The Morgan fingerprint density at radius 1 is 1.21 bits per heavy atom. The number of carbonyl (C=O) groups is 3. The van der Waals surface area contributed by atoms with E-state index in [4.69, 9.17) is 0 Å². The van der Waals surface area contributed by atoms with E-state index in [2.05, 4.69) is 15.0 Å². The number of hydrogen-bond donors (Lipinski definition) is 1. The van der Waals surface area contributed by atoms with E-state index in [9.17, 15) is 23.2 Å². The van der Waals surface area contributed by atoms with Crippen LogP contribution in [0.3, 0.4) is 0 Å². The molecule has 2 heterocycles. The number of benzene rings is 1. The molecular weight excluding hydrogens is 454 g/mol. The first-order valence-corrected chi connectivity index (χ1v) is 11.5. The largest absolute Gasteiger partial charge is 0.435 e. The summed E-state index contributed by atoms with van der Waals surface area (Å²) in [4.78, 5) is 46.1. The van der Waals surface area contributed by atoms with E-state index in [1.54, 1.807) is 19.2 Å². The Kier molecular flexibility index (Phi) is 6.33. The van der Waals surface area contributed by atoms with Crippen LogP contribution in [0.5, 0.6) is 5.75 Å². The van der Waals surface area contributed by atoms with Crippen molar-refractivity contribution < 1.29 is 27.9 Å². The Bertz CT molecular complexity index is 1070. The van der Waals surface area contributed by atoms with E-state index in [1.165, 1.54) is 28.4 Å². The van der Waals surface area contributed by atoms with Crippen LogP contribution in [-0.4, -0.2) is 58.4 Å². The predicted octanol–water partition coefficient (Wildman–Crippen LogP) is 4.26. The number of amides is 4. The van der Waals surface area contributed by atoms with Crippen molar-refractivity contribution in [2.75, 3.05) is 18.9 Å². The molecule has 1 aliphatic carbocycles. The first kappa shape index (κ1) is 23.1. The van der Waals surface area contributed by atoms with Crippen LogP contribution in [0.1, 0.15) is 37.0 Å². The molecule has 1 N–H and O–H groups in total. The molecule has 0 bridgehead atoms. The van der Waals surface area contributed by atoms with Gasteiger partial charge in [0.25, 0.3) is 5.91 Å². The summed E-state index contributed by atoms with van der Waals surface area (Å²) in [6.07, 6.45) is 4.01. The Hall–Kier alpha value is -3.08. The molecule has 1 spiro atoms. The molecule has 4 rings (SSSR count). The van der Waals surface area contributed by atoms with Crippen molar-refractivity contribution in [1.29, 1.82) is 0 Å². The van der Waals surface area contributed by atoms with Crippen LogP contribution in [0.25, 0.3) is 11.3 Å². The van der Waals surface area contributed by atoms with Crippen LogP contribution >= 0.6 is 11.3 Å². The smallest absolute Gasteiger partial charge is 0.387 e. The highest BCUT2D eigenvalue weighted by atomic mass is 32.1. The summed E-state index contributed by atoms with van der Waals surface area (Å²) >= 11 is 1.24. The Morgan fingerprint density at radius 2 is 1.88 bits per heavy atom. The number of aromatic nitrogens is 1. The van der Waals surface area contributed by atoms with Crippen molar-refractivity contribution in [3.8, 4) is 17.0 Å². The second-order valence-electron chi connectivity index (χ2n) is 8.20. The van der Waals surface area contributed by atoms with E-state index < -0.39 is 24.1 Å². The molecule has 8 nitrogen and oxygen atoms in total. The maximum atomic E-state index is 13.0. The number of hydrogen-bond acceptors (Lipinski definition) is 6. The fourth-order valence-corrected chi connectivity index (χ4v) is 5.34. The van der Waals surface area contributed by atoms with Gasteiger partial charge in [0, 0.05) is 17.5 Å². The van der Waals surface area contributed by atoms with Crippen molar-refractivity contribution in [2.24, 2.45) is 0 Å². The molecule has 1 saturated heterocycles. The SMILES string of the molecule is Cc1sc(NC(=O)CN2C(=O)N(C)C3(CCCCC3)C2=O)nc1-c1ccc(OC(F)F)cc1. The molecular formula is C22H24F2N4O4S. The number of imide groups is 1. The van der Waals surface area contributed by atoms with Gasteiger partial charge in [-0.05, 0) is 44.0 Å². The van der Waals surface area contributed by atoms with Gasteiger partial charge in [-0.15, -0.1) is 11.3 Å². The van der Waals surface area contributed by atoms with Crippen LogP contribution < -0.4 is 10.1 Å². The lowest BCUT2D eigenvalue weighted by molar-refractivity contribution is -0.136. The highest BCUT2D eigenvalue weighted by Crippen LogP contribution is 2.39. The zero-order chi connectivity index (χ0) is 23.8. The molecule has 1 saturated carbocycles. The molecule has 2 aromatic rings. The molecule has 176 valence electrons. The summed E-state index contributed by atoms with van der Waals surface area (Å²) in [5.41, 5.74) is 0.436. The maximum Gasteiger partial charge on any atom is 0.387 e. The van der Waals surface area contributed by atoms with E-state index in [0.29, 0.717) is 29.2 Å². The molecule has 1 aromatic heterocycles. The number of alkyl halides is 2. The normalized spacial score (nSPS) is 17.8. The predicted molar refractivity (Wildman–Crippen MR) is 118 cm³/mol. The van der Waals surface area contributed by atoms with E-state index in [0.717, 1.165) is 29.0 Å². The van der Waals surface area contributed by atoms with E-state index >= 15 is 0 Å². The lowest BCUT2D eigenvalue weighted by atomic mass is 9.81. The number of urea groups is 1. The van der Waals surface area contributed by atoms with Crippen molar-refractivity contribution >= 4 is 34.3 Å². The Morgan fingerprint density at radius 3 is 2.52 bits per heavy atom. The topological polar surface area (TPSA) is 91.8 Å². The van der Waals surface area contributed by atoms with E-state index in [1.807, 2.05) is 6.92 Å². The monoisotopic (exact) mass is 478 g/mol. The molecule has 1 aromatic carbocycles. The molecule has 0 atom stereocenters. The number of anilines is 1. The average Bonchev–Trinajstić information content (AvgIpc) is 3.22. The third-order valence-electron chi connectivity index (χ3n) is 6.18. The minimum Gasteiger partial charge on any atom is -0.435 e. The van der Waals surface area contributed by atoms with Gasteiger partial charge in [-0.2, -0.15) is 8.78 Å². The second kappa shape index (κ2) is 9.05. The fourth-order valence-electron chi connectivity index (χ4n) is 4.49. The Balaban J connectivity index is 1.43. The third-order valence-corrected chi connectivity index (χ3v) is 7.07. The molecule has 2 aliphatic rings. The van der Waals surface area contributed by atoms with Crippen LogP contribution in [-0.2, 0) is 9.59 Å². The van der Waals surface area contributed by atoms with Crippen LogP contribution in [0.2, 0.25) is 0 Å². The number of thiazole rings is 1. The summed E-state index contributed by atoms with van der Waals surface area (Å²) < 4.78 is 29.0. The van der Waals surface area contributed by atoms with Crippen molar-refractivity contribution in [1.82, 2.24) is 14.8 Å². The van der Waals surface area contributed by atoms with Crippen molar-refractivity contribution in [2.45, 2.75) is 51.2 Å². The number of nitrogens with zero attached hydrogens (tertiary/aromatic N) is 3. The highest BCUT2D eigenvalue weighted by molar-refractivity contribution is 7.16. The van der Waals surface area contributed by atoms with Gasteiger partial charge in [0.2, 0.25) is 5.91 Å². The van der Waals surface area contributed by atoms with Crippen LogP contribution in [0, 0.1) is 6.92 Å². The first-order valence-electron chi connectivity index (χ1n) is 10.6. The van der Waals surface area contributed by atoms with Gasteiger partial charge in [0.15, 0.2) is 5.13 Å². The Labute approximate surface area is 193 Å². The van der Waals surface area contributed by atoms with Crippen LogP contribution in [0.15, 0.2) is 24.3 Å². The molecule has 0 radical (unpaired) electrons. The molecule has 0 unspecified atom stereocenters. The van der Waals surface area contributed by atoms with Gasteiger partial charge < -0.3 is 15.0 Å². The summed E-state index contributed by atoms with van der Waals surface area (Å²) in [7, 11) is 1.62. The van der Waals surface area contributed by atoms with Gasteiger partial charge in [-0.25, -0.2) is 9.78 Å². The summed E-state index contributed by atoms with van der Waals surface area (Å²) in [6, 6.07) is 5.58. The first-order chi connectivity index (χ1) is 15.7. The lowest BCUT2D eigenvalue weighted by Gasteiger charge is -2.35. The lowest BCUT2D eigenvalue weighted by Crippen LogP contribution is -2.49. The molecule has 1 aliphatic heterocycles. The number of rotatable bonds is 6. The third kappa shape index (κ3) is 4.41. The second-order valence-corrected chi connectivity index (χ2v) is 9.40. The average molecular weight is 479 g/mol. The molecule has 11 heteroatoms. The standard InChI is InChI=1S/C22H24F2N4O4S/c1-13-17(14-6-8-15(9-7-14)32-19(23)24)26-20(33-13)25-16(29)12-28-18(30)22(27(2)21(28)31)10-4-3-5-11-22/h6-9,19H,3-5,10-12H2,1-2H3,(H,25,26,29). The van der Waals surface area contributed by atoms with Gasteiger partial charge in [0.05, 0.1) is 5.69 Å². The minimum atomic E-state index is -2.90. The van der Waals surface area contributed by atoms with Gasteiger partial charge in [0.1, 0.15) is 17.8 Å². The number of ether oxygens (including phenoxy) is 1. The zero-order valence-electron chi connectivity index (χ0n) is 18.3. The molecule has 33 heavy (non-hydrogen) atoms. The van der Waals surface area contributed by atoms with Crippen LogP contribution in [0.4, 0.5) is 18.7 Å².